The zero-order valence-corrected chi connectivity index (χ0v) is 12.0. The number of halogens is 1. The van der Waals surface area contributed by atoms with E-state index in [0.717, 1.165) is 16.3 Å². The van der Waals surface area contributed by atoms with Gasteiger partial charge in [0.2, 0.25) is 0 Å². The van der Waals surface area contributed by atoms with Crippen molar-refractivity contribution < 1.29 is 12.6 Å². The molecule has 0 fully saturated rings. The van der Waals surface area contributed by atoms with Crippen LogP contribution in [0.25, 0.3) is 0 Å². The maximum Gasteiger partial charge on any atom is 0.264 e. The van der Waals surface area contributed by atoms with Crippen molar-refractivity contribution in [2.45, 2.75) is 18.9 Å². The molecule has 2 N–H and O–H groups in total. The summed E-state index contributed by atoms with van der Waals surface area (Å²) in [5, 5.41) is 0. The van der Waals surface area contributed by atoms with Crippen LogP contribution in [0.1, 0.15) is 24.4 Å². The van der Waals surface area contributed by atoms with Crippen LogP contribution in [0.2, 0.25) is 0 Å². The summed E-state index contributed by atoms with van der Waals surface area (Å²) in [5.41, 5.74) is 7.03. The van der Waals surface area contributed by atoms with E-state index >= 15 is 0 Å². The van der Waals surface area contributed by atoms with E-state index in [0.29, 0.717) is 12.8 Å². The molecule has 0 spiro atoms. The molecule has 0 amide bonds. The van der Waals surface area contributed by atoms with Crippen molar-refractivity contribution in [2.24, 2.45) is 5.73 Å². The quantitative estimate of drug-likeness (QED) is 0.644. The molecule has 0 aliphatic rings. The minimum absolute atomic E-state index is 0.117. The van der Waals surface area contributed by atoms with E-state index < -0.39 is 10.1 Å². The highest BCUT2D eigenvalue weighted by atomic mass is 79.9. The highest BCUT2D eigenvalue weighted by molar-refractivity contribution is 9.10. The van der Waals surface area contributed by atoms with Crippen LogP contribution in [-0.4, -0.2) is 21.3 Å². The van der Waals surface area contributed by atoms with Gasteiger partial charge in [-0.25, -0.2) is 0 Å². The Bertz CT molecular complexity index is 462. The lowest BCUT2D eigenvalue weighted by Gasteiger charge is -2.13. The Balaban J connectivity index is 2.41. The first-order valence-electron chi connectivity index (χ1n) is 5.24. The van der Waals surface area contributed by atoms with E-state index in [1.54, 1.807) is 0 Å². The Morgan fingerprint density at radius 1 is 1.41 bits per heavy atom. The van der Waals surface area contributed by atoms with E-state index in [4.69, 9.17) is 5.73 Å². The van der Waals surface area contributed by atoms with Gasteiger partial charge in [-0.05, 0) is 24.5 Å². The Labute approximate surface area is 110 Å². The van der Waals surface area contributed by atoms with Gasteiger partial charge in [0.1, 0.15) is 0 Å². The highest BCUT2D eigenvalue weighted by Gasteiger charge is 2.09. The molecule has 0 radical (unpaired) electrons. The molecule has 1 atom stereocenters. The van der Waals surface area contributed by atoms with Crippen LogP contribution in [-0.2, 0) is 14.3 Å². The van der Waals surface area contributed by atoms with Crippen molar-refractivity contribution in [3.63, 3.8) is 0 Å². The smallest absolute Gasteiger partial charge is 0.264 e. The average Bonchev–Trinajstić information content (AvgIpc) is 2.23. The first-order valence-corrected chi connectivity index (χ1v) is 7.85. The average molecular weight is 322 g/mol. The summed E-state index contributed by atoms with van der Waals surface area (Å²) >= 11 is 3.43. The van der Waals surface area contributed by atoms with E-state index in [9.17, 15) is 8.42 Å². The van der Waals surface area contributed by atoms with Crippen LogP contribution in [0.4, 0.5) is 0 Å². The van der Waals surface area contributed by atoms with Crippen molar-refractivity contribution in [2.75, 3.05) is 12.9 Å². The second-order valence-electron chi connectivity index (χ2n) is 3.80. The molecule has 0 aliphatic carbocycles. The Morgan fingerprint density at radius 3 is 2.65 bits per heavy atom. The lowest BCUT2D eigenvalue weighted by molar-refractivity contribution is 0.307. The van der Waals surface area contributed by atoms with Gasteiger partial charge in [-0.2, -0.15) is 8.42 Å². The number of hydrogen-bond donors (Lipinski definition) is 1. The summed E-state index contributed by atoms with van der Waals surface area (Å²) in [5.74, 6) is 0. The Morgan fingerprint density at radius 2 is 2.06 bits per heavy atom. The van der Waals surface area contributed by atoms with Crippen LogP contribution in [0.15, 0.2) is 28.7 Å². The lowest BCUT2D eigenvalue weighted by Crippen LogP contribution is -2.12. The van der Waals surface area contributed by atoms with Gasteiger partial charge in [-0.3, -0.25) is 4.18 Å². The normalized spacial score (nSPS) is 13.6. The topological polar surface area (TPSA) is 69.4 Å². The summed E-state index contributed by atoms with van der Waals surface area (Å²) in [6, 6.07) is 7.61. The molecule has 4 nitrogen and oxygen atoms in total. The van der Waals surface area contributed by atoms with Crippen LogP contribution >= 0.6 is 15.9 Å². The number of benzene rings is 1. The molecule has 96 valence electrons. The number of nitrogens with two attached hydrogens (primary N) is 1. The highest BCUT2D eigenvalue weighted by Crippen LogP contribution is 2.24. The molecule has 6 heteroatoms. The van der Waals surface area contributed by atoms with Gasteiger partial charge < -0.3 is 5.73 Å². The summed E-state index contributed by atoms with van der Waals surface area (Å²) in [7, 11) is -3.34. The van der Waals surface area contributed by atoms with Crippen molar-refractivity contribution in [1.82, 2.24) is 0 Å². The van der Waals surface area contributed by atoms with Crippen molar-refractivity contribution in [1.29, 1.82) is 0 Å². The van der Waals surface area contributed by atoms with Crippen molar-refractivity contribution in [3.05, 3.63) is 34.3 Å². The van der Waals surface area contributed by atoms with E-state index in [1.165, 1.54) is 0 Å². The lowest BCUT2D eigenvalue weighted by atomic mass is 10.0. The van der Waals surface area contributed by atoms with Gasteiger partial charge in [0.15, 0.2) is 0 Å². The molecule has 0 aromatic heterocycles. The van der Waals surface area contributed by atoms with Gasteiger partial charge in [-0.1, -0.05) is 34.1 Å². The number of rotatable bonds is 6. The summed E-state index contributed by atoms with van der Waals surface area (Å²) in [6.07, 6.45) is 2.33. The van der Waals surface area contributed by atoms with Gasteiger partial charge in [0.25, 0.3) is 10.1 Å². The molecule has 0 saturated heterocycles. The molecule has 1 aromatic carbocycles. The minimum atomic E-state index is -3.34. The molecular weight excluding hydrogens is 306 g/mol. The largest absolute Gasteiger partial charge is 0.324 e. The zero-order chi connectivity index (χ0) is 12.9. The molecule has 1 rings (SSSR count). The summed E-state index contributed by atoms with van der Waals surface area (Å²) in [4.78, 5) is 0. The molecule has 17 heavy (non-hydrogen) atoms. The predicted octanol–water partition coefficient (Wildman–Crippen LogP) is 2.21. The van der Waals surface area contributed by atoms with Gasteiger partial charge in [0.05, 0.1) is 12.9 Å². The van der Waals surface area contributed by atoms with Crippen LogP contribution in [0.3, 0.4) is 0 Å². The third kappa shape index (κ3) is 5.63. The fourth-order valence-corrected chi connectivity index (χ4v) is 2.44. The Kier molecular flexibility index (Phi) is 5.58. The summed E-state index contributed by atoms with van der Waals surface area (Å²) in [6.45, 7) is 0.178. The van der Waals surface area contributed by atoms with E-state index in [-0.39, 0.29) is 12.6 Å². The van der Waals surface area contributed by atoms with Crippen LogP contribution in [0.5, 0.6) is 0 Å². The fourth-order valence-electron chi connectivity index (χ4n) is 1.44. The van der Waals surface area contributed by atoms with Crippen molar-refractivity contribution in [3.8, 4) is 0 Å². The Hall–Kier alpha value is -0.430. The van der Waals surface area contributed by atoms with Crippen molar-refractivity contribution >= 4 is 26.0 Å². The van der Waals surface area contributed by atoms with E-state index in [1.807, 2.05) is 24.3 Å². The standard InChI is InChI=1S/C11H16BrNO3S/c1-17(14,15)16-8-4-7-11(13)9-5-2-3-6-10(9)12/h2-3,5-6,11H,4,7-8,13H2,1H3/t11-/m0/s1. The van der Waals surface area contributed by atoms with Crippen LogP contribution < -0.4 is 5.73 Å². The third-order valence-electron chi connectivity index (χ3n) is 2.26. The molecule has 1 aromatic rings. The molecular formula is C11H16BrNO3S. The van der Waals surface area contributed by atoms with Gasteiger partial charge in [-0.15, -0.1) is 0 Å². The SMILES string of the molecule is CS(=O)(=O)OCCC[C@H](N)c1ccccc1Br. The van der Waals surface area contributed by atoms with Crippen LogP contribution in [0, 0.1) is 0 Å². The fraction of sp³-hybridized carbons (Fsp3) is 0.455. The first kappa shape index (κ1) is 14.6. The van der Waals surface area contributed by atoms with Gasteiger partial charge >= 0.3 is 0 Å². The van der Waals surface area contributed by atoms with E-state index in [2.05, 4.69) is 20.1 Å². The third-order valence-corrected chi connectivity index (χ3v) is 3.58. The monoisotopic (exact) mass is 321 g/mol. The molecule has 0 unspecified atom stereocenters. The maximum atomic E-state index is 10.7. The van der Waals surface area contributed by atoms with Gasteiger partial charge in [0, 0.05) is 10.5 Å². The summed E-state index contributed by atoms with van der Waals surface area (Å²) < 4.78 is 27.1. The molecule has 0 heterocycles. The first-order chi connectivity index (χ1) is 7.90. The predicted molar refractivity (Wildman–Crippen MR) is 71.1 cm³/mol. The zero-order valence-electron chi connectivity index (χ0n) is 9.60. The molecule has 0 aliphatic heterocycles. The molecule has 0 bridgehead atoms. The second-order valence-corrected chi connectivity index (χ2v) is 6.29. The number of hydrogen-bond acceptors (Lipinski definition) is 4. The second kappa shape index (κ2) is 6.49. The molecule has 0 saturated carbocycles. The minimum Gasteiger partial charge on any atom is -0.324 e. The maximum absolute atomic E-state index is 10.7.